The maximum absolute atomic E-state index is 13.1. The third-order valence-corrected chi connectivity index (χ3v) is 7.12. The Morgan fingerprint density at radius 2 is 1.62 bits per heavy atom. The molecule has 0 atom stereocenters. The number of amides is 2. The lowest BCUT2D eigenvalue weighted by molar-refractivity contribution is -0.128. The number of benzene rings is 2. The van der Waals surface area contributed by atoms with E-state index in [1.54, 1.807) is 17.0 Å². The highest BCUT2D eigenvalue weighted by molar-refractivity contribution is 14.1. The van der Waals surface area contributed by atoms with Crippen LogP contribution in [0.5, 0.6) is 0 Å². The van der Waals surface area contributed by atoms with Gasteiger partial charge in [-0.25, -0.2) is 4.39 Å². The molecule has 2 aromatic carbocycles. The zero-order valence-corrected chi connectivity index (χ0v) is 19.8. The van der Waals surface area contributed by atoms with Gasteiger partial charge in [0, 0.05) is 34.2 Å². The summed E-state index contributed by atoms with van der Waals surface area (Å²) >= 11 is 2.20. The summed E-state index contributed by atoms with van der Waals surface area (Å²) in [5.74, 6) is -0.558. The summed E-state index contributed by atoms with van der Waals surface area (Å²) in [5.41, 5.74) is 0.306. The molecule has 2 amide bonds. The third-order valence-electron chi connectivity index (χ3n) is 6.40. The molecule has 1 N–H and O–H groups in total. The van der Waals surface area contributed by atoms with Crippen molar-refractivity contribution >= 4 is 40.2 Å². The normalized spacial score (nSPS) is 18.1. The largest absolute Gasteiger partial charge is 0.336 e. The Bertz CT molecular complexity index is 1000. The summed E-state index contributed by atoms with van der Waals surface area (Å²) in [7, 11) is 0. The minimum atomic E-state index is -0.805. The Balaban J connectivity index is 1.32. The number of hydrogen-bond donors (Lipinski definition) is 1. The maximum atomic E-state index is 13.1. The van der Waals surface area contributed by atoms with Gasteiger partial charge in [0.15, 0.2) is 5.78 Å². The Labute approximate surface area is 200 Å². The topological polar surface area (TPSA) is 69.7 Å². The van der Waals surface area contributed by atoms with Crippen molar-refractivity contribution in [2.24, 2.45) is 0 Å². The van der Waals surface area contributed by atoms with Crippen molar-refractivity contribution in [1.29, 1.82) is 0 Å². The van der Waals surface area contributed by atoms with Crippen LogP contribution in [0, 0.1) is 9.39 Å². The second-order valence-electron chi connectivity index (χ2n) is 8.31. The number of carbonyl (C=O) groups excluding carboxylic acids is 3. The van der Waals surface area contributed by atoms with Crippen molar-refractivity contribution in [3.63, 3.8) is 0 Å². The summed E-state index contributed by atoms with van der Waals surface area (Å²) in [4.78, 5) is 42.1. The van der Waals surface area contributed by atoms with Crippen molar-refractivity contribution in [2.45, 2.75) is 31.2 Å². The van der Waals surface area contributed by atoms with E-state index in [4.69, 9.17) is 0 Å². The van der Waals surface area contributed by atoms with E-state index >= 15 is 0 Å². The number of ketones is 1. The Hall–Kier alpha value is -2.33. The van der Waals surface area contributed by atoms with E-state index in [2.05, 4.69) is 32.8 Å². The van der Waals surface area contributed by atoms with E-state index in [0.717, 1.165) is 10.1 Å². The fourth-order valence-corrected chi connectivity index (χ4v) is 4.85. The zero-order chi connectivity index (χ0) is 22.7. The predicted octanol–water partition coefficient (Wildman–Crippen LogP) is 3.46. The first-order valence-electron chi connectivity index (χ1n) is 10.8. The van der Waals surface area contributed by atoms with Gasteiger partial charge in [0.1, 0.15) is 11.4 Å². The minimum Gasteiger partial charge on any atom is -0.336 e. The van der Waals surface area contributed by atoms with Gasteiger partial charge < -0.3 is 15.1 Å². The monoisotopic (exact) mass is 545 g/mol. The van der Waals surface area contributed by atoms with Gasteiger partial charge in [-0.15, -0.1) is 0 Å². The molecular weight excluding hydrogens is 520 g/mol. The van der Waals surface area contributed by atoms with Gasteiger partial charge in [-0.05, 0) is 96.9 Å². The van der Waals surface area contributed by atoms with Crippen LogP contribution in [0.15, 0.2) is 48.5 Å². The number of halogens is 2. The van der Waals surface area contributed by atoms with Gasteiger partial charge in [-0.2, -0.15) is 0 Å². The standard InChI is InChI=1S/C24H25FIN3O3/c25-19-7-3-17(4-8-19)21(30)2-1-13-28-14-11-24(12-15-28)23(32)27-16-29(24)22(31)18-5-9-20(26)10-6-18/h3-10H,1-2,11-16H2,(H,27,32)/i26-4. The average Bonchev–Trinajstić information content (AvgIpc) is 3.11. The van der Waals surface area contributed by atoms with Gasteiger partial charge in [0.05, 0.1) is 6.67 Å². The lowest BCUT2D eigenvalue weighted by Crippen LogP contribution is -2.57. The molecule has 8 heteroatoms. The molecule has 0 aliphatic carbocycles. The van der Waals surface area contributed by atoms with Crippen molar-refractivity contribution < 1.29 is 18.8 Å². The number of hydrogen-bond acceptors (Lipinski definition) is 4. The van der Waals surface area contributed by atoms with E-state index in [1.165, 1.54) is 24.3 Å². The molecular formula is C24H25FIN3O3. The zero-order valence-electron chi connectivity index (χ0n) is 17.7. The number of likely N-dealkylation sites (tertiary alicyclic amines) is 1. The number of carbonyl (C=O) groups is 3. The lowest BCUT2D eigenvalue weighted by atomic mass is 9.85. The Morgan fingerprint density at radius 3 is 2.28 bits per heavy atom. The molecule has 2 saturated heterocycles. The first-order valence-corrected chi connectivity index (χ1v) is 11.8. The molecule has 0 radical (unpaired) electrons. The number of rotatable bonds is 6. The van der Waals surface area contributed by atoms with Gasteiger partial charge in [0.25, 0.3) is 5.91 Å². The van der Waals surface area contributed by atoms with Crippen LogP contribution < -0.4 is 5.32 Å². The molecule has 2 heterocycles. The van der Waals surface area contributed by atoms with Crippen LogP contribution >= 0.6 is 22.6 Å². The van der Waals surface area contributed by atoms with Crippen LogP contribution in [0.1, 0.15) is 46.4 Å². The summed E-state index contributed by atoms with van der Waals surface area (Å²) in [6.07, 6.45) is 2.23. The summed E-state index contributed by atoms with van der Waals surface area (Å²) < 4.78 is 14.1. The number of Topliss-reactive ketones (excluding diaryl/α,β-unsaturated/α-hetero) is 1. The summed E-state index contributed by atoms with van der Waals surface area (Å²) in [6, 6.07) is 13.0. The third kappa shape index (κ3) is 4.71. The molecule has 6 nitrogen and oxygen atoms in total. The number of nitrogens with one attached hydrogen (secondary N) is 1. The first-order chi connectivity index (χ1) is 15.4. The molecule has 2 fully saturated rings. The summed E-state index contributed by atoms with van der Waals surface area (Å²) in [5, 5.41) is 2.86. The van der Waals surface area contributed by atoms with Crippen molar-refractivity contribution in [3.05, 3.63) is 69.0 Å². The predicted molar refractivity (Wildman–Crippen MR) is 127 cm³/mol. The minimum absolute atomic E-state index is 0.00273. The van der Waals surface area contributed by atoms with Crippen LogP contribution in [0.4, 0.5) is 4.39 Å². The van der Waals surface area contributed by atoms with Gasteiger partial charge >= 0.3 is 0 Å². The molecule has 0 unspecified atom stereocenters. The van der Waals surface area contributed by atoms with E-state index in [9.17, 15) is 18.8 Å². The Morgan fingerprint density at radius 1 is 1.00 bits per heavy atom. The first kappa shape index (κ1) is 22.8. The molecule has 32 heavy (non-hydrogen) atoms. The van der Waals surface area contributed by atoms with E-state index < -0.39 is 5.54 Å². The van der Waals surface area contributed by atoms with Crippen LogP contribution in [0.2, 0.25) is 0 Å². The highest BCUT2D eigenvalue weighted by Crippen LogP contribution is 2.33. The quantitative estimate of drug-likeness (QED) is 0.446. The average molecular weight is 545 g/mol. The highest BCUT2D eigenvalue weighted by Gasteiger charge is 2.52. The molecule has 1 spiro atoms. The van der Waals surface area contributed by atoms with Crippen LogP contribution in [-0.2, 0) is 4.79 Å². The molecule has 2 aromatic rings. The smallest absolute Gasteiger partial charge is 0.256 e. The van der Waals surface area contributed by atoms with Gasteiger partial charge in [-0.3, -0.25) is 14.4 Å². The van der Waals surface area contributed by atoms with Gasteiger partial charge in [0.2, 0.25) is 5.91 Å². The molecule has 168 valence electrons. The lowest BCUT2D eigenvalue weighted by Gasteiger charge is -2.42. The van der Waals surface area contributed by atoms with E-state index in [-0.39, 0.29) is 30.1 Å². The SMILES string of the molecule is O=C(CCCN1CCC2(CC1)C(=O)NCN2C(=O)c1ccc([123I])cc1)c1ccc(F)cc1. The molecule has 0 aromatic heterocycles. The van der Waals surface area contributed by atoms with Crippen LogP contribution in [0.25, 0.3) is 0 Å². The Kier molecular flexibility index (Phi) is 6.90. The number of nitrogens with zero attached hydrogens (tertiary/aromatic N) is 2. The van der Waals surface area contributed by atoms with Gasteiger partial charge in [-0.1, -0.05) is 0 Å². The van der Waals surface area contributed by atoms with E-state index in [0.29, 0.717) is 49.9 Å². The molecule has 0 saturated carbocycles. The van der Waals surface area contributed by atoms with Crippen molar-refractivity contribution in [2.75, 3.05) is 26.3 Å². The molecule has 2 aliphatic heterocycles. The second-order valence-corrected chi connectivity index (χ2v) is 9.56. The molecule has 2 aliphatic rings. The number of piperidine rings is 1. The molecule has 0 bridgehead atoms. The fourth-order valence-electron chi connectivity index (χ4n) is 4.49. The molecule has 4 rings (SSSR count). The van der Waals surface area contributed by atoms with Crippen LogP contribution in [0.3, 0.4) is 0 Å². The second kappa shape index (κ2) is 9.66. The van der Waals surface area contributed by atoms with Crippen molar-refractivity contribution in [1.82, 2.24) is 15.1 Å². The van der Waals surface area contributed by atoms with Crippen molar-refractivity contribution in [3.8, 4) is 0 Å². The fraction of sp³-hybridized carbons (Fsp3) is 0.375. The van der Waals surface area contributed by atoms with Crippen LogP contribution in [-0.4, -0.2) is 59.2 Å². The highest BCUT2D eigenvalue weighted by atomic mass is 123. The maximum Gasteiger partial charge on any atom is 0.256 e. The summed E-state index contributed by atoms with van der Waals surface area (Å²) in [6.45, 7) is 2.36. The van der Waals surface area contributed by atoms with E-state index in [1.807, 2.05) is 12.1 Å².